The van der Waals surface area contributed by atoms with Crippen LogP contribution in [0.15, 0.2) is 9.98 Å². The highest BCUT2D eigenvalue weighted by molar-refractivity contribution is 9.11. The van der Waals surface area contributed by atoms with Gasteiger partial charge in [0.25, 0.3) is 0 Å². The van der Waals surface area contributed by atoms with Gasteiger partial charge in [0, 0.05) is 5.92 Å². The van der Waals surface area contributed by atoms with Gasteiger partial charge in [-0.2, -0.15) is 0 Å². The van der Waals surface area contributed by atoms with Gasteiger partial charge in [-0.15, -0.1) is 11.3 Å². The fourth-order valence-corrected chi connectivity index (χ4v) is 3.69. The highest BCUT2D eigenvalue weighted by Crippen LogP contribution is 2.64. The first-order valence-electron chi connectivity index (χ1n) is 4.38. The van der Waals surface area contributed by atoms with E-state index in [0.29, 0.717) is 17.3 Å². The Morgan fingerprint density at radius 1 is 1.69 bits per heavy atom. The summed E-state index contributed by atoms with van der Waals surface area (Å²) in [6.45, 7) is 5.31. The molecule has 0 unspecified atom stereocenters. The number of halogens is 1. The van der Waals surface area contributed by atoms with Crippen molar-refractivity contribution in [3.8, 4) is 0 Å². The summed E-state index contributed by atoms with van der Waals surface area (Å²) < 4.78 is 1.11. The quantitative estimate of drug-likeness (QED) is 0.888. The lowest BCUT2D eigenvalue weighted by atomic mass is 10.1. The zero-order chi connectivity index (χ0) is 9.64. The van der Waals surface area contributed by atoms with Crippen LogP contribution in [-0.2, 0) is 0 Å². The Bertz CT molecular complexity index is 321. The summed E-state index contributed by atoms with van der Waals surface area (Å²) in [6, 6.07) is 0. The van der Waals surface area contributed by atoms with E-state index in [9.17, 15) is 0 Å². The third kappa shape index (κ3) is 1.45. The summed E-state index contributed by atoms with van der Waals surface area (Å²) in [5.74, 6) is 1.19. The van der Waals surface area contributed by atoms with Gasteiger partial charge >= 0.3 is 0 Å². The van der Waals surface area contributed by atoms with Crippen LogP contribution in [-0.4, -0.2) is 11.5 Å². The molecule has 1 aromatic rings. The van der Waals surface area contributed by atoms with Crippen molar-refractivity contribution in [2.24, 2.45) is 17.1 Å². The maximum Gasteiger partial charge on any atom is 0.0976 e. The number of nitrogens with zero attached hydrogens (tertiary/aromatic N) is 1. The normalized spacial score (nSPS) is 30.5. The molecule has 0 amide bonds. The van der Waals surface area contributed by atoms with E-state index in [2.05, 4.69) is 34.8 Å². The molecule has 2 rings (SSSR count). The minimum Gasteiger partial charge on any atom is -0.330 e. The fraction of sp³-hybridized carbons (Fsp3) is 0.667. The van der Waals surface area contributed by atoms with Crippen molar-refractivity contribution in [2.75, 3.05) is 6.54 Å². The van der Waals surface area contributed by atoms with Crippen molar-refractivity contribution < 1.29 is 0 Å². The Hall–Kier alpha value is 0.0700. The van der Waals surface area contributed by atoms with E-state index in [4.69, 9.17) is 5.73 Å². The molecule has 1 saturated carbocycles. The van der Waals surface area contributed by atoms with Crippen LogP contribution in [0.25, 0.3) is 0 Å². The van der Waals surface area contributed by atoms with Gasteiger partial charge in [0.1, 0.15) is 0 Å². The molecule has 0 aliphatic heterocycles. The van der Waals surface area contributed by atoms with E-state index in [-0.39, 0.29) is 0 Å². The molecule has 72 valence electrons. The summed E-state index contributed by atoms with van der Waals surface area (Å²) in [7, 11) is 0. The SMILES string of the molecule is CC1(C)[C@@H](CN)[C@@H]1c1ncc(Br)s1. The molecule has 1 aromatic heterocycles. The number of rotatable bonds is 2. The predicted molar refractivity (Wildman–Crippen MR) is 58.9 cm³/mol. The number of thiazole rings is 1. The Kier molecular flexibility index (Phi) is 2.25. The van der Waals surface area contributed by atoms with E-state index in [1.165, 1.54) is 5.01 Å². The van der Waals surface area contributed by atoms with Crippen molar-refractivity contribution in [1.29, 1.82) is 0 Å². The fourth-order valence-electron chi connectivity index (χ4n) is 2.09. The van der Waals surface area contributed by atoms with Crippen LogP contribution in [0.4, 0.5) is 0 Å². The Morgan fingerprint density at radius 2 is 2.38 bits per heavy atom. The second-order valence-electron chi connectivity index (χ2n) is 4.14. The van der Waals surface area contributed by atoms with Gasteiger partial charge in [-0.3, -0.25) is 0 Å². The number of aromatic nitrogens is 1. The van der Waals surface area contributed by atoms with E-state index in [1.54, 1.807) is 11.3 Å². The van der Waals surface area contributed by atoms with Gasteiger partial charge in [-0.1, -0.05) is 13.8 Å². The highest BCUT2D eigenvalue weighted by Gasteiger charge is 2.58. The maximum atomic E-state index is 5.71. The first-order chi connectivity index (χ1) is 6.07. The largest absolute Gasteiger partial charge is 0.330 e. The Labute approximate surface area is 90.7 Å². The summed E-state index contributed by atoms with van der Waals surface area (Å²) >= 11 is 5.16. The average molecular weight is 261 g/mol. The number of nitrogens with two attached hydrogens (primary N) is 1. The van der Waals surface area contributed by atoms with E-state index in [1.807, 2.05) is 6.20 Å². The number of hydrogen-bond donors (Lipinski definition) is 1. The van der Waals surface area contributed by atoms with E-state index in [0.717, 1.165) is 10.3 Å². The molecule has 1 heterocycles. The van der Waals surface area contributed by atoms with Crippen molar-refractivity contribution >= 4 is 27.3 Å². The first kappa shape index (κ1) is 9.62. The summed E-state index contributed by atoms with van der Waals surface area (Å²) in [5.41, 5.74) is 6.06. The van der Waals surface area contributed by atoms with Gasteiger partial charge in [-0.05, 0) is 33.8 Å². The highest BCUT2D eigenvalue weighted by atomic mass is 79.9. The van der Waals surface area contributed by atoms with Gasteiger partial charge in [0.2, 0.25) is 0 Å². The van der Waals surface area contributed by atoms with Gasteiger partial charge in [0.05, 0.1) is 15.0 Å². The lowest BCUT2D eigenvalue weighted by molar-refractivity contribution is 0.558. The lowest BCUT2D eigenvalue weighted by Crippen LogP contribution is -2.05. The first-order valence-corrected chi connectivity index (χ1v) is 5.99. The second kappa shape index (κ2) is 3.04. The molecule has 0 bridgehead atoms. The molecule has 0 saturated heterocycles. The van der Waals surface area contributed by atoms with Crippen LogP contribution in [0, 0.1) is 11.3 Å². The number of hydrogen-bond acceptors (Lipinski definition) is 3. The predicted octanol–water partition coefficient (Wildman–Crippen LogP) is 2.60. The lowest BCUT2D eigenvalue weighted by Gasteiger charge is -1.97. The van der Waals surface area contributed by atoms with Crippen LogP contribution in [0.3, 0.4) is 0 Å². The second-order valence-corrected chi connectivity index (χ2v) is 6.59. The average Bonchev–Trinajstić information content (AvgIpc) is 2.41. The van der Waals surface area contributed by atoms with Crippen molar-refractivity contribution in [3.63, 3.8) is 0 Å². The zero-order valence-electron chi connectivity index (χ0n) is 7.75. The van der Waals surface area contributed by atoms with Gasteiger partial charge in [-0.25, -0.2) is 4.98 Å². The Morgan fingerprint density at radius 3 is 2.77 bits per heavy atom. The van der Waals surface area contributed by atoms with Gasteiger partial charge < -0.3 is 5.73 Å². The molecule has 1 aliphatic carbocycles. The van der Waals surface area contributed by atoms with Crippen LogP contribution in [0.2, 0.25) is 0 Å². The van der Waals surface area contributed by atoms with Crippen LogP contribution >= 0.6 is 27.3 Å². The minimum atomic E-state index is 0.353. The van der Waals surface area contributed by atoms with Crippen molar-refractivity contribution in [3.05, 3.63) is 15.0 Å². The van der Waals surface area contributed by atoms with Crippen molar-refractivity contribution in [2.45, 2.75) is 19.8 Å². The summed E-state index contributed by atoms with van der Waals surface area (Å²) in [4.78, 5) is 4.39. The maximum absolute atomic E-state index is 5.71. The topological polar surface area (TPSA) is 38.9 Å². The molecule has 0 spiro atoms. The molecule has 2 nitrogen and oxygen atoms in total. The van der Waals surface area contributed by atoms with Crippen LogP contribution in [0.5, 0.6) is 0 Å². The Balaban J connectivity index is 2.21. The molecule has 13 heavy (non-hydrogen) atoms. The molecule has 0 radical (unpaired) electrons. The molecule has 2 atom stereocenters. The molecule has 4 heteroatoms. The minimum absolute atomic E-state index is 0.353. The molecule has 1 aliphatic rings. The molecular formula is C9H13BrN2S. The molecular weight excluding hydrogens is 248 g/mol. The van der Waals surface area contributed by atoms with Crippen molar-refractivity contribution in [1.82, 2.24) is 4.98 Å². The summed E-state index contributed by atoms with van der Waals surface area (Å²) in [5, 5.41) is 1.23. The molecule has 2 N–H and O–H groups in total. The van der Waals surface area contributed by atoms with E-state index >= 15 is 0 Å². The van der Waals surface area contributed by atoms with Gasteiger partial charge in [0.15, 0.2) is 0 Å². The molecule has 0 aromatic carbocycles. The zero-order valence-corrected chi connectivity index (χ0v) is 10.2. The third-order valence-electron chi connectivity index (χ3n) is 3.07. The smallest absolute Gasteiger partial charge is 0.0976 e. The van der Waals surface area contributed by atoms with Crippen LogP contribution < -0.4 is 5.73 Å². The third-order valence-corrected chi connectivity index (χ3v) is 4.63. The molecule has 1 fully saturated rings. The van der Waals surface area contributed by atoms with Crippen LogP contribution in [0.1, 0.15) is 24.8 Å². The van der Waals surface area contributed by atoms with E-state index < -0.39 is 0 Å². The monoisotopic (exact) mass is 260 g/mol. The standard InChI is InChI=1S/C9H13BrN2S/c1-9(2)5(3-11)7(9)8-12-4-6(10)13-8/h4-5,7H,3,11H2,1-2H3/t5-,7+/m0/s1. The summed E-state index contributed by atoms with van der Waals surface area (Å²) in [6.07, 6.45) is 1.88.